The van der Waals surface area contributed by atoms with Crippen molar-refractivity contribution in [2.45, 2.75) is 25.5 Å². The molecule has 3 aromatic rings. The monoisotopic (exact) mass is 394 g/mol. The number of nitrogens with one attached hydrogen (secondary N) is 1. The molecule has 0 spiro atoms. The third-order valence-corrected chi connectivity index (χ3v) is 5.30. The molecule has 1 aromatic heterocycles. The van der Waals surface area contributed by atoms with Crippen LogP contribution in [0.3, 0.4) is 0 Å². The van der Waals surface area contributed by atoms with E-state index < -0.39 is 18.1 Å². The number of ether oxygens (including phenoxy) is 2. The molecule has 29 heavy (non-hydrogen) atoms. The molecule has 1 atom stereocenters. The molecule has 4 rings (SSSR count). The number of methoxy groups -OCH3 is 1. The lowest BCUT2D eigenvalue weighted by molar-refractivity contribution is -0.142. The molecule has 0 bridgehead atoms. The molecular formula is C22H22N2O5. The zero-order valence-corrected chi connectivity index (χ0v) is 16.1. The molecule has 150 valence electrons. The van der Waals surface area contributed by atoms with Crippen LogP contribution in [-0.4, -0.2) is 40.7 Å². The molecule has 7 nitrogen and oxygen atoms in total. The second kappa shape index (κ2) is 7.87. The minimum atomic E-state index is -1.05. The van der Waals surface area contributed by atoms with E-state index in [2.05, 4.69) is 4.98 Å². The molecule has 0 aliphatic carbocycles. The van der Waals surface area contributed by atoms with Crippen LogP contribution in [0, 0.1) is 0 Å². The van der Waals surface area contributed by atoms with Gasteiger partial charge in [0.1, 0.15) is 12.4 Å². The van der Waals surface area contributed by atoms with Gasteiger partial charge < -0.3 is 19.6 Å². The second-order valence-corrected chi connectivity index (χ2v) is 7.02. The van der Waals surface area contributed by atoms with Crippen molar-refractivity contribution >= 4 is 23.0 Å². The number of rotatable bonds is 5. The lowest BCUT2D eigenvalue weighted by atomic mass is 9.95. The fourth-order valence-electron chi connectivity index (χ4n) is 3.86. The summed E-state index contributed by atoms with van der Waals surface area (Å²) in [6.07, 6.45) is -0.503. The summed E-state index contributed by atoms with van der Waals surface area (Å²) in [7, 11) is 1.30. The number of esters is 1. The van der Waals surface area contributed by atoms with Crippen LogP contribution in [0.2, 0.25) is 0 Å². The fraction of sp³-hybridized carbons (Fsp3) is 0.273. The van der Waals surface area contributed by atoms with E-state index in [0.717, 1.165) is 33.5 Å². The third kappa shape index (κ3) is 3.76. The summed E-state index contributed by atoms with van der Waals surface area (Å²) in [6.45, 7) is 0.794. The van der Waals surface area contributed by atoms with E-state index in [1.54, 1.807) is 0 Å². The Morgan fingerprint density at radius 3 is 2.72 bits per heavy atom. The van der Waals surface area contributed by atoms with E-state index in [1.807, 2.05) is 48.5 Å². The van der Waals surface area contributed by atoms with Crippen LogP contribution in [0.15, 0.2) is 48.5 Å². The van der Waals surface area contributed by atoms with Crippen molar-refractivity contribution in [2.24, 2.45) is 0 Å². The topological polar surface area (TPSA) is 91.9 Å². The Morgan fingerprint density at radius 2 is 2.00 bits per heavy atom. The van der Waals surface area contributed by atoms with Gasteiger partial charge in [0.05, 0.1) is 19.6 Å². The maximum Gasteiger partial charge on any atom is 0.407 e. The zero-order valence-electron chi connectivity index (χ0n) is 16.1. The summed E-state index contributed by atoms with van der Waals surface area (Å²) < 4.78 is 10.7. The molecule has 0 saturated heterocycles. The van der Waals surface area contributed by atoms with Crippen LogP contribution in [0.1, 0.15) is 29.3 Å². The van der Waals surface area contributed by atoms with E-state index >= 15 is 0 Å². The number of carboxylic acid groups (broad SMARTS) is 1. The van der Waals surface area contributed by atoms with Crippen LogP contribution in [0.4, 0.5) is 4.79 Å². The average molecular weight is 394 g/mol. The normalized spacial score (nSPS) is 15.8. The number of fused-ring (bicyclic) bond motifs is 3. The number of carbonyl (C=O) groups is 2. The second-order valence-electron chi connectivity index (χ2n) is 7.02. The summed E-state index contributed by atoms with van der Waals surface area (Å²) in [5.41, 5.74) is 3.75. The number of hydrogen-bond acceptors (Lipinski definition) is 4. The summed E-state index contributed by atoms with van der Waals surface area (Å²) in [4.78, 5) is 28.2. The smallest absolute Gasteiger partial charge is 0.407 e. The quantitative estimate of drug-likeness (QED) is 0.641. The average Bonchev–Trinajstić information content (AvgIpc) is 3.11. The molecule has 2 heterocycles. The maximum atomic E-state index is 11.9. The number of aromatic nitrogens is 1. The SMILES string of the molecule is COC(=O)CC1c2[nH]c3ccc(OCc4ccccc4)cc3c2CCN1C(=O)O. The zero-order chi connectivity index (χ0) is 20.4. The van der Waals surface area contributed by atoms with E-state index in [4.69, 9.17) is 9.47 Å². The Hall–Kier alpha value is -3.48. The van der Waals surface area contributed by atoms with Gasteiger partial charge in [-0.3, -0.25) is 9.69 Å². The van der Waals surface area contributed by atoms with Crippen molar-refractivity contribution in [3.8, 4) is 5.75 Å². The largest absolute Gasteiger partial charge is 0.489 e. The van der Waals surface area contributed by atoms with Gasteiger partial charge in [0, 0.05) is 23.1 Å². The van der Waals surface area contributed by atoms with Gasteiger partial charge in [-0.2, -0.15) is 0 Å². The van der Waals surface area contributed by atoms with Crippen molar-refractivity contribution in [3.63, 3.8) is 0 Å². The first-order valence-corrected chi connectivity index (χ1v) is 9.44. The van der Waals surface area contributed by atoms with Gasteiger partial charge in [-0.25, -0.2) is 4.79 Å². The first kappa shape index (κ1) is 18.9. The Kier molecular flexibility index (Phi) is 5.12. The first-order valence-electron chi connectivity index (χ1n) is 9.44. The minimum absolute atomic E-state index is 0.0278. The Labute approximate surface area is 167 Å². The lowest BCUT2D eigenvalue weighted by Gasteiger charge is -2.33. The van der Waals surface area contributed by atoms with Gasteiger partial charge in [-0.05, 0) is 35.7 Å². The number of aromatic amines is 1. The van der Waals surface area contributed by atoms with E-state index in [0.29, 0.717) is 19.6 Å². The van der Waals surface area contributed by atoms with E-state index in [1.165, 1.54) is 12.0 Å². The summed E-state index contributed by atoms with van der Waals surface area (Å²) in [5, 5.41) is 10.5. The number of amides is 1. The van der Waals surface area contributed by atoms with E-state index in [-0.39, 0.29) is 6.42 Å². The summed E-state index contributed by atoms with van der Waals surface area (Å²) in [5.74, 6) is 0.299. The highest BCUT2D eigenvalue weighted by atomic mass is 16.5. The summed E-state index contributed by atoms with van der Waals surface area (Å²) >= 11 is 0. The van der Waals surface area contributed by atoms with Crippen molar-refractivity contribution in [3.05, 3.63) is 65.4 Å². The van der Waals surface area contributed by atoms with Crippen LogP contribution in [0.5, 0.6) is 5.75 Å². The van der Waals surface area contributed by atoms with E-state index in [9.17, 15) is 14.7 Å². The fourth-order valence-corrected chi connectivity index (χ4v) is 3.86. The Bertz CT molecular complexity index is 1040. The molecule has 1 amide bonds. The number of hydrogen-bond donors (Lipinski definition) is 2. The predicted molar refractivity (Wildman–Crippen MR) is 107 cm³/mol. The lowest BCUT2D eigenvalue weighted by Crippen LogP contribution is -2.40. The third-order valence-electron chi connectivity index (χ3n) is 5.30. The number of H-pyrrole nitrogens is 1. The van der Waals surface area contributed by atoms with Crippen LogP contribution in [0.25, 0.3) is 10.9 Å². The summed E-state index contributed by atoms with van der Waals surface area (Å²) in [6, 6.07) is 15.1. The maximum absolute atomic E-state index is 11.9. The molecule has 2 aromatic carbocycles. The Morgan fingerprint density at radius 1 is 1.21 bits per heavy atom. The molecule has 2 N–H and O–H groups in total. The predicted octanol–water partition coefficient (Wildman–Crippen LogP) is 3.89. The van der Waals surface area contributed by atoms with Crippen molar-refractivity contribution in [2.75, 3.05) is 13.7 Å². The molecule has 0 radical (unpaired) electrons. The molecule has 1 unspecified atom stereocenters. The van der Waals surface area contributed by atoms with Gasteiger partial charge in [0.25, 0.3) is 0 Å². The Balaban J connectivity index is 1.65. The van der Waals surface area contributed by atoms with Crippen molar-refractivity contribution < 1.29 is 24.2 Å². The van der Waals surface area contributed by atoms with Gasteiger partial charge in [0.15, 0.2) is 0 Å². The van der Waals surface area contributed by atoms with Crippen LogP contribution < -0.4 is 4.74 Å². The van der Waals surface area contributed by atoms with Crippen LogP contribution >= 0.6 is 0 Å². The molecule has 7 heteroatoms. The highest BCUT2D eigenvalue weighted by molar-refractivity contribution is 5.87. The molecular weight excluding hydrogens is 372 g/mol. The van der Waals surface area contributed by atoms with Gasteiger partial charge in [-0.1, -0.05) is 30.3 Å². The van der Waals surface area contributed by atoms with Gasteiger partial charge in [0.2, 0.25) is 0 Å². The number of carbonyl (C=O) groups excluding carboxylic acids is 1. The number of benzene rings is 2. The molecule has 1 aliphatic rings. The standard InChI is InChI=1S/C22H22N2O5/c1-28-20(25)12-19-21-16(9-10-24(19)22(26)27)17-11-15(7-8-18(17)23-21)29-13-14-5-3-2-4-6-14/h2-8,11,19,23H,9-10,12-13H2,1H3,(H,26,27). The number of nitrogens with zero attached hydrogens (tertiary/aromatic N) is 1. The van der Waals surface area contributed by atoms with Crippen LogP contribution in [-0.2, 0) is 22.6 Å². The van der Waals surface area contributed by atoms with Gasteiger partial charge >= 0.3 is 12.1 Å². The first-order chi connectivity index (χ1) is 14.1. The van der Waals surface area contributed by atoms with Crippen molar-refractivity contribution in [1.82, 2.24) is 9.88 Å². The molecule has 0 saturated carbocycles. The van der Waals surface area contributed by atoms with Crippen molar-refractivity contribution in [1.29, 1.82) is 0 Å². The molecule has 1 aliphatic heterocycles. The highest BCUT2D eigenvalue weighted by Crippen LogP contribution is 2.37. The minimum Gasteiger partial charge on any atom is -0.489 e. The highest BCUT2D eigenvalue weighted by Gasteiger charge is 2.35. The van der Waals surface area contributed by atoms with Gasteiger partial charge in [-0.15, -0.1) is 0 Å². The molecule has 0 fully saturated rings.